The van der Waals surface area contributed by atoms with E-state index in [9.17, 15) is 9.59 Å². The number of nitrogens with one attached hydrogen (secondary N) is 1. The highest BCUT2D eigenvalue weighted by atomic mass is 32.2. The zero-order chi connectivity index (χ0) is 17.7. The molecule has 0 saturated carbocycles. The Balaban J connectivity index is 2.24. The number of carbonyl (C=O) groups excluding carboxylic acids is 1. The lowest BCUT2D eigenvalue weighted by Gasteiger charge is -2.10. The molecule has 0 radical (unpaired) electrons. The SMILES string of the molecule is COc1cc(C=C(C)C=[S-]2=CC(=O)NC2=S)ccc1OCC(=O)O. The quantitative estimate of drug-likeness (QED) is 0.447. The van der Waals surface area contributed by atoms with Crippen LogP contribution in [0.1, 0.15) is 12.5 Å². The second-order valence-electron chi connectivity index (χ2n) is 4.87. The van der Waals surface area contributed by atoms with Crippen LogP contribution in [-0.4, -0.2) is 45.8 Å². The molecule has 0 bridgehead atoms. The average Bonchev–Trinajstić information content (AvgIpc) is 2.83. The van der Waals surface area contributed by atoms with E-state index in [0.29, 0.717) is 15.8 Å². The summed E-state index contributed by atoms with van der Waals surface area (Å²) in [4.78, 5) is 21.9. The second kappa shape index (κ2) is 7.98. The van der Waals surface area contributed by atoms with Gasteiger partial charge in [-0.2, -0.15) is 5.37 Å². The molecule has 1 aliphatic rings. The molecule has 1 aromatic carbocycles. The largest absolute Gasteiger partial charge is 0.493 e. The smallest absolute Gasteiger partial charge is 0.341 e. The summed E-state index contributed by atoms with van der Waals surface area (Å²) < 4.78 is 10.9. The van der Waals surface area contributed by atoms with Crippen molar-refractivity contribution >= 4 is 55.3 Å². The summed E-state index contributed by atoms with van der Waals surface area (Å²) in [7, 11) is 0.992. The first kappa shape index (κ1) is 18.0. The molecule has 0 spiro atoms. The zero-order valence-corrected chi connectivity index (χ0v) is 14.7. The van der Waals surface area contributed by atoms with Crippen LogP contribution in [0.5, 0.6) is 11.5 Å². The summed E-state index contributed by atoms with van der Waals surface area (Å²) in [5.41, 5.74) is 1.80. The molecule has 1 amide bonds. The van der Waals surface area contributed by atoms with E-state index in [0.717, 1.165) is 11.1 Å². The van der Waals surface area contributed by atoms with E-state index in [4.69, 9.17) is 26.8 Å². The van der Waals surface area contributed by atoms with Gasteiger partial charge in [0.2, 0.25) is 5.91 Å². The Labute approximate surface area is 146 Å². The van der Waals surface area contributed by atoms with Crippen LogP contribution in [-0.2, 0) is 19.7 Å². The van der Waals surface area contributed by atoms with Gasteiger partial charge in [-0.25, -0.2) is 4.79 Å². The lowest BCUT2D eigenvalue weighted by atomic mass is 10.1. The van der Waals surface area contributed by atoms with E-state index in [1.54, 1.807) is 23.6 Å². The first-order valence-corrected chi connectivity index (χ1v) is 8.62. The lowest BCUT2D eigenvalue weighted by Crippen LogP contribution is -2.21. The molecule has 0 unspecified atom stereocenters. The summed E-state index contributed by atoms with van der Waals surface area (Å²) in [5, 5.41) is 14.7. The molecule has 0 aliphatic carbocycles. The van der Waals surface area contributed by atoms with Crippen LogP contribution < -0.4 is 14.8 Å². The van der Waals surface area contributed by atoms with Gasteiger partial charge in [0.1, 0.15) is 0 Å². The maximum atomic E-state index is 11.3. The molecular weight excluding hydrogens is 350 g/mol. The number of amides is 1. The van der Waals surface area contributed by atoms with Crippen molar-refractivity contribution in [3.8, 4) is 11.5 Å². The minimum absolute atomic E-state index is 0.172. The highest BCUT2D eigenvalue weighted by molar-refractivity contribution is 8.19. The summed E-state index contributed by atoms with van der Waals surface area (Å²) in [6.07, 6.45) is 1.91. The molecular formula is C16H16NO5S2-. The summed E-state index contributed by atoms with van der Waals surface area (Å²) >= 11 is 5.11. The average molecular weight is 366 g/mol. The Hall–Kier alpha value is -2.32. The lowest BCUT2D eigenvalue weighted by molar-refractivity contribution is -0.139. The van der Waals surface area contributed by atoms with Gasteiger partial charge < -0.3 is 30.0 Å². The summed E-state index contributed by atoms with van der Waals surface area (Å²) in [5.74, 6) is -0.422. The van der Waals surface area contributed by atoms with E-state index < -0.39 is 22.6 Å². The third-order valence-electron chi connectivity index (χ3n) is 2.92. The fraction of sp³-hybridized carbons (Fsp3) is 0.188. The minimum atomic E-state index is -1.06. The van der Waals surface area contributed by atoms with Gasteiger partial charge in [-0.3, -0.25) is 4.79 Å². The van der Waals surface area contributed by atoms with Crippen molar-refractivity contribution in [2.45, 2.75) is 6.92 Å². The van der Waals surface area contributed by atoms with Gasteiger partial charge in [0, 0.05) is 0 Å². The van der Waals surface area contributed by atoms with E-state index in [1.165, 1.54) is 7.11 Å². The summed E-state index contributed by atoms with van der Waals surface area (Å²) in [6, 6.07) is 5.19. The van der Waals surface area contributed by atoms with Crippen molar-refractivity contribution in [1.82, 2.24) is 5.32 Å². The Bertz CT molecular complexity index is 820. The van der Waals surface area contributed by atoms with Crippen molar-refractivity contribution in [3.63, 3.8) is 0 Å². The molecule has 24 heavy (non-hydrogen) atoms. The van der Waals surface area contributed by atoms with Gasteiger partial charge in [0.25, 0.3) is 0 Å². The van der Waals surface area contributed by atoms with Crippen LogP contribution >= 0.6 is 12.2 Å². The first-order valence-electron chi connectivity index (χ1n) is 6.86. The van der Waals surface area contributed by atoms with Gasteiger partial charge in [-0.15, -0.1) is 5.37 Å². The van der Waals surface area contributed by atoms with Crippen LogP contribution in [0.4, 0.5) is 0 Å². The molecule has 1 heterocycles. The predicted octanol–water partition coefficient (Wildman–Crippen LogP) is 1.20. The highest BCUT2D eigenvalue weighted by Crippen LogP contribution is 2.28. The number of carboxylic acid groups (broad SMARTS) is 1. The molecule has 0 fully saturated rings. The molecule has 1 aliphatic heterocycles. The number of rotatable bonds is 6. The second-order valence-corrected chi connectivity index (χ2v) is 7.16. The third kappa shape index (κ3) is 4.84. The van der Waals surface area contributed by atoms with Crippen molar-refractivity contribution in [2.24, 2.45) is 0 Å². The highest BCUT2D eigenvalue weighted by Gasteiger charge is 2.07. The maximum absolute atomic E-state index is 11.3. The van der Waals surface area contributed by atoms with Crippen LogP contribution in [0.25, 0.3) is 6.08 Å². The monoisotopic (exact) mass is 366 g/mol. The van der Waals surface area contributed by atoms with Crippen LogP contribution in [0, 0.1) is 0 Å². The molecule has 0 aromatic heterocycles. The van der Waals surface area contributed by atoms with E-state index in [-0.39, 0.29) is 5.91 Å². The number of aliphatic carboxylic acids is 1. The molecule has 0 atom stereocenters. The van der Waals surface area contributed by atoms with Gasteiger partial charge in [0.15, 0.2) is 18.1 Å². The maximum Gasteiger partial charge on any atom is 0.341 e. The zero-order valence-electron chi connectivity index (χ0n) is 13.1. The number of carboxylic acids is 1. The molecule has 0 saturated heterocycles. The Kier molecular flexibility index (Phi) is 5.99. The standard InChI is InChI=1S/C16H16NO5S2/c1-10(8-24-9-14(18)17-16(24)23)5-11-3-4-12(13(6-11)21-2)22-7-15(19)20/h3-6,8-9H,7H2,1-2H3,(H,19,20)(H,17,18,23)/q-1. The number of benzene rings is 1. The fourth-order valence-corrected chi connectivity index (χ4v) is 3.62. The van der Waals surface area contributed by atoms with Gasteiger partial charge in [0.05, 0.1) is 7.11 Å². The fourth-order valence-electron chi connectivity index (χ4n) is 1.98. The molecule has 2 rings (SSSR count). The first-order chi connectivity index (χ1) is 11.4. The number of ether oxygens (including phenoxy) is 2. The van der Waals surface area contributed by atoms with Crippen LogP contribution in [0.2, 0.25) is 0 Å². The van der Waals surface area contributed by atoms with Crippen LogP contribution in [0.15, 0.2) is 23.8 Å². The Morgan fingerprint density at radius 2 is 2.17 bits per heavy atom. The number of methoxy groups -OCH3 is 1. The number of hydrogen-bond donors (Lipinski definition) is 2. The van der Waals surface area contributed by atoms with Crippen molar-refractivity contribution < 1.29 is 24.2 Å². The van der Waals surface area contributed by atoms with Gasteiger partial charge in [-0.1, -0.05) is 29.9 Å². The molecule has 128 valence electrons. The van der Waals surface area contributed by atoms with Crippen molar-refractivity contribution in [2.75, 3.05) is 13.7 Å². The van der Waals surface area contributed by atoms with E-state index in [2.05, 4.69) is 5.32 Å². The molecule has 8 heteroatoms. The number of hydrogen-bond acceptors (Lipinski definition) is 6. The van der Waals surface area contributed by atoms with Gasteiger partial charge in [-0.05, 0) is 28.9 Å². The normalized spacial score (nSPS) is 17.4. The Morgan fingerprint density at radius 3 is 2.75 bits per heavy atom. The number of carbonyl (C=O) groups is 2. The minimum Gasteiger partial charge on any atom is -0.493 e. The molecule has 6 nitrogen and oxygen atoms in total. The third-order valence-corrected chi connectivity index (χ3v) is 5.22. The Morgan fingerprint density at radius 1 is 1.42 bits per heavy atom. The number of allylic oxidation sites excluding steroid dienone is 1. The number of thiocarbonyl (C=S) groups is 1. The molecule has 1 aromatic rings. The van der Waals surface area contributed by atoms with E-state index >= 15 is 0 Å². The van der Waals surface area contributed by atoms with Gasteiger partial charge >= 0.3 is 5.97 Å². The van der Waals surface area contributed by atoms with Crippen LogP contribution in [0.3, 0.4) is 0 Å². The topological polar surface area (TPSA) is 84.9 Å². The molecule has 2 N–H and O–H groups in total. The van der Waals surface area contributed by atoms with Crippen molar-refractivity contribution in [3.05, 3.63) is 29.3 Å². The van der Waals surface area contributed by atoms with Crippen molar-refractivity contribution in [1.29, 1.82) is 0 Å². The van der Waals surface area contributed by atoms with E-state index in [1.807, 2.05) is 18.4 Å². The predicted molar refractivity (Wildman–Crippen MR) is 100 cm³/mol. The summed E-state index contributed by atoms with van der Waals surface area (Å²) in [6.45, 7) is 1.48.